The SMILES string of the molecule is Cc1ccc(N2CCCCS2(=O)=O)cc1S(=O)(=O)NC(C)c1ccccc1. The molecule has 0 aromatic heterocycles. The fourth-order valence-electron chi connectivity index (χ4n) is 3.22. The highest BCUT2D eigenvalue weighted by Gasteiger charge is 2.28. The summed E-state index contributed by atoms with van der Waals surface area (Å²) in [6, 6.07) is 13.7. The Balaban J connectivity index is 1.93. The molecule has 1 aliphatic rings. The van der Waals surface area contributed by atoms with Crippen LogP contribution in [0.1, 0.15) is 36.9 Å². The fraction of sp³-hybridized carbons (Fsp3) is 0.368. The molecule has 1 unspecified atom stereocenters. The van der Waals surface area contributed by atoms with Crippen molar-refractivity contribution in [2.75, 3.05) is 16.6 Å². The lowest BCUT2D eigenvalue weighted by Crippen LogP contribution is -2.38. The quantitative estimate of drug-likeness (QED) is 0.824. The van der Waals surface area contributed by atoms with E-state index in [4.69, 9.17) is 0 Å². The molecule has 3 rings (SSSR count). The van der Waals surface area contributed by atoms with Crippen LogP contribution < -0.4 is 9.03 Å². The highest BCUT2D eigenvalue weighted by atomic mass is 32.2. The Bertz CT molecular complexity index is 1020. The fourth-order valence-corrected chi connectivity index (χ4v) is 6.35. The third kappa shape index (κ3) is 4.34. The van der Waals surface area contributed by atoms with Crippen molar-refractivity contribution in [1.82, 2.24) is 4.72 Å². The molecule has 0 saturated carbocycles. The van der Waals surface area contributed by atoms with Crippen LogP contribution in [0, 0.1) is 6.92 Å². The minimum absolute atomic E-state index is 0.0895. The summed E-state index contributed by atoms with van der Waals surface area (Å²) in [5.74, 6) is 0.0895. The van der Waals surface area contributed by atoms with Gasteiger partial charge in [0.15, 0.2) is 0 Å². The van der Waals surface area contributed by atoms with Crippen LogP contribution in [0.3, 0.4) is 0 Å². The number of anilines is 1. The summed E-state index contributed by atoms with van der Waals surface area (Å²) in [7, 11) is -7.21. The van der Waals surface area contributed by atoms with Crippen molar-refractivity contribution in [1.29, 1.82) is 0 Å². The zero-order valence-electron chi connectivity index (χ0n) is 15.4. The first-order chi connectivity index (χ1) is 12.7. The van der Waals surface area contributed by atoms with Crippen LogP contribution in [-0.2, 0) is 20.0 Å². The van der Waals surface area contributed by atoms with Gasteiger partial charge in [-0.1, -0.05) is 36.4 Å². The number of nitrogens with zero attached hydrogens (tertiary/aromatic N) is 1. The molecule has 1 heterocycles. The highest BCUT2D eigenvalue weighted by Crippen LogP contribution is 2.28. The monoisotopic (exact) mass is 408 g/mol. The largest absolute Gasteiger partial charge is 0.270 e. The van der Waals surface area contributed by atoms with E-state index < -0.39 is 26.1 Å². The summed E-state index contributed by atoms with van der Waals surface area (Å²) in [4.78, 5) is 0.101. The van der Waals surface area contributed by atoms with E-state index in [1.165, 1.54) is 10.4 Å². The van der Waals surface area contributed by atoms with Gasteiger partial charge in [-0.05, 0) is 49.9 Å². The van der Waals surface area contributed by atoms with Gasteiger partial charge in [0.05, 0.1) is 16.3 Å². The maximum absolute atomic E-state index is 13.0. The van der Waals surface area contributed by atoms with Crippen molar-refractivity contribution in [2.45, 2.75) is 37.6 Å². The Kier molecular flexibility index (Phi) is 5.60. The third-order valence-electron chi connectivity index (χ3n) is 4.73. The molecule has 2 aromatic carbocycles. The van der Waals surface area contributed by atoms with Crippen LogP contribution in [-0.4, -0.2) is 29.1 Å². The molecule has 0 aliphatic carbocycles. The lowest BCUT2D eigenvalue weighted by atomic mass is 10.1. The predicted molar refractivity (Wildman–Crippen MR) is 107 cm³/mol. The summed E-state index contributed by atoms with van der Waals surface area (Å²) in [5.41, 5.74) is 1.82. The normalized spacial score (nSPS) is 18.2. The molecule has 0 spiro atoms. The third-order valence-corrected chi connectivity index (χ3v) is 8.28. The van der Waals surface area contributed by atoms with E-state index in [0.29, 0.717) is 24.2 Å². The molecular weight excluding hydrogens is 384 g/mol. The molecule has 27 heavy (non-hydrogen) atoms. The maximum atomic E-state index is 13.0. The number of nitrogens with one attached hydrogen (secondary N) is 1. The van der Waals surface area contributed by atoms with Crippen molar-refractivity contribution < 1.29 is 16.8 Å². The van der Waals surface area contributed by atoms with Gasteiger partial charge in [-0.2, -0.15) is 0 Å². The molecule has 0 bridgehead atoms. The van der Waals surface area contributed by atoms with Gasteiger partial charge in [-0.3, -0.25) is 4.31 Å². The summed E-state index contributed by atoms with van der Waals surface area (Å²) in [5, 5.41) is 0. The Hall–Kier alpha value is -1.90. The Labute approximate surface area is 161 Å². The first kappa shape index (κ1) is 19.9. The molecule has 0 amide bonds. The van der Waals surface area contributed by atoms with Crippen LogP contribution in [0.4, 0.5) is 5.69 Å². The molecule has 1 aliphatic heterocycles. The van der Waals surface area contributed by atoms with Gasteiger partial charge >= 0.3 is 0 Å². The zero-order chi connectivity index (χ0) is 19.7. The second kappa shape index (κ2) is 7.61. The minimum Gasteiger partial charge on any atom is -0.270 e. The van der Waals surface area contributed by atoms with E-state index in [9.17, 15) is 16.8 Å². The van der Waals surface area contributed by atoms with E-state index in [-0.39, 0.29) is 10.6 Å². The maximum Gasteiger partial charge on any atom is 0.241 e. The number of rotatable bonds is 5. The van der Waals surface area contributed by atoms with Gasteiger partial charge in [-0.25, -0.2) is 21.6 Å². The lowest BCUT2D eigenvalue weighted by Gasteiger charge is -2.29. The summed E-state index contributed by atoms with van der Waals surface area (Å²) >= 11 is 0. The molecule has 8 heteroatoms. The standard InChI is InChI=1S/C19H24N2O4S2/c1-15-10-11-18(21-12-6-7-13-26(21,22)23)14-19(15)27(24,25)20-16(2)17-8-4-3-5-9-17/h3-5,8-11,14,16,20H,6-7,12-13H2,1-2H3. The second-order valence-electron chi connectivity index (χ2n) is 6.80. The molecule has 1 N–H and O–H groups in total. The van der Waals surface area contributed by atoms with Gasteiger partial charge in [0.1, 0.15) is 0 Å². The first-order valence-electron chi connectivity index (χ1n) is 8.89. The Morgan fingerprint density at radius 2 is 1.78 bits per heavy atom. The highest BCUT2D eigenvalue weighted by molar-refractivity contribution is 7.92. The molecule has 1 atom stereocenters. The van der Waals surface area contributed by atoms with Crippen LogP contribution in [0.25, 0.3) is 0 Å². The number of hydrogen-bond donors (Lipinski definition) is 1. The summed E-state index contributed by atoms with van der Waals surface area (Å²) < 4.78 is 54.6. The van der Waals surface area contributed by atoms with Crippen molar-refractivity contribution >= 4 is 25.7 Å². The van der Waals surface area contributed by atoms with Crippen LogP contribution in [0.2, 0.25) is 0 Å². The van der Waals surface area contributed by atoms with Crippen molar-refractivity contribution in [3.8, 4) is 0 Å². The molecular formula is C19H24N2O4S2. The molecule has 0 radical (unpaired) electrons. The van der Waals surface area contributed by atoms with E-state index in [1.54, 1.807) is 26.0 Å². The molecule has 1 saturated heterocycles. The van der Waals surface area contributed by atoms with Gasteiger partial charge in [-0.15, -0.1) is 0 Å². The second-order valence-corrected chi connectivity index (χ2v) is 10.5. The molecule has 6 nitrogen and oxygen atoms in total. The Morgan fingerprint density at radius 3 is 2.44 bits per heavy atom. The van der Waals surface area contributed by atoms with Crippen LogP contribution in [0.15, 0.2) is 53.4 Å². The van der Waals surface area contributed by atoms with E-state index in [0.717, 1.165) is 12.0 Å². The summed E-state index contributed by atoms with van der Waals surface area (Å²) in [6.07, 6.45) is 1.39. The van der Waals surface area contributed by atoms with Crippen LogP contribution in [0.5, 0.6) is 0 Å². The topological polar surface area (TPSA) is 83.6 Å². The van der Waals surface area contributed by atoms with E-state index in [2.05, 4.69) is 4.72 Å². The van der Waals surface area contributed by atoms with E-state index in [1.807, 2.05) is 30.3 Å². The Morgan fingerprint density at radius 1 is 1.07 bits per heavy atom. The van der Waals surface area contributed by atoms with Crippen molar-refractivity contribution in [3.05, 3.63) is 59.7 Å². The molecule has 1 fully saturated rings. The van der Waals surface area contributed by atoms with Crippen molar-refractivity contribution in [3.63, 3.8) is 0 Å². The van der Waals surface area contributed by atoms with Crippen molar-refractivity contribution in [2.24, 2.45) is 0 Å². The molecule has 2 aromatic rings. The first-order valence-corrected chi connectivity index (χ1v) is 12.0. The number of sulfonamides is 2. The number of hydrogen-bond acceptors (Lipinski definition) is 4. The van der Waals surface area contributed by atoms with Gasteiger partial charge in [0, 0.05) is 12.6 Å². The predicted octanol–water partition coefficient (Wildman–Crippen LogP) is 2.96. The average Bonchev–Trinajstić information content (AvgIpc) is 2.62. The van der Waals surface area contributed by atoms with Gasteiger partial charge < -0.3 is 0 Å². The lowest BCUT2D eigenvalue weighted by molar-refractivity contribution is 0.565. The van der Waals surface area contributed by atoms with E-state index >= 15 is 0 Å². The smallest absolute Gasteiger partial charge is 0.241 e. The van der Waals surface area contributed by atoms with Crippen LogP contribution >= 0.6 is 0 Å². The van der Waals surface area contributed by atoms with Gasteiger partial charge in [0.25, 0.3) is 0 Å². The minimum atomic E-state index is -3.81. The number of aryl methyl sites for hydroxylation is 1. The number of benzene rings is 2. The summed E-state index contributed by atoms with van der Waals surface area (Å²) in [6.45, 7) is 3.86. The van der Waals surface area contributed by atoms with Gasteiger partial charge in [0.2, 0.25) is 20.0 Å². The average molecular weight is 409 g/mol. The zero-order valence-corrected chi connectivity index (χ0v) is 17.1. The molecule has 146 valence electrons.